The summed E-state index contributed by atoms with van der Waals surface area (Å²) in [5, 5.41) is 12.7. The van der Waals surface area contributed by atoms with E-state index in [9.17, 15) is 5.11 Å². The highest BCUT2D eigenvalue weighted by atomic mass is 16.3. The number of nitrogens with one attached hydrogen (secondary N) is 1. The monoisotopic (exact) mass is 165 g/mol. The lowest BCUT2D eigenvalue weighted by atomic mass is 10.1. The second-order valence-corrected chi connectivity index (χ2v) is 2.76. The molecule has 0 fully saturated rings. The first-order valence-corrected chi connectivity index (χ1v) is 4.24. The van der Waals surface area contributed by atoms with Gasteiger partial charge in [-0.1, -0.05) is 25.1 Å². The molecular formula is C10H15NO. The van der Waals surface area contributed by atoms with Gasteiger partial charge in [-0.05, 0) is 12.5 Å². The van der Waals surface area contributed by atoms with Crippen molar-refractivity contribution in [2.75, 3.05) is 12.4 Å². The maximum atomic E-state index is 9.60. The van der Waals surface area contributed by atoms with Gasteiger partial charge in [-0.25, -0.2) is 0 Å². The molecule has 0 unspecified atom stereocenters. The molecule has 0 heterocycles. The topological polar surface area (TPSA) is 32.3 Å². The third-order valence-electron chi connectivity index (χ3n) is 1.98. The van der Waals surface area contributed by atoms with Crippen LogP contribution < -0.4 is 5.32 Å². The minimum absolute atomic E-state index is 0.353. The van der Waals surface area contributed by atoms with Crippen molar-refractivity contribution in [3.63, 3.8) is 0 Å². The maximum absolute atomic E-state index is 9.60. The number of hydrogen-bond acceptors (Lipinski definition) is 2. The predicted molar refractivity (Wildman–Crippen MR) is 51.2 cm³/mol. The number of aliphatic hydroxyl groups is 1. The van der Waals surface area contributed by atoms with Crippen molar-refractivity contribution < 1.29 is 5.11 Å². The summed E-state index contributed by atoms with van der Waals surface area (Å²) in [6, 6.07) is 7.81. The molecule has 0 aromatic heterocycles. The van der Waals surface area contributed by atoms with E-state index in [0.717, 1.165) is 17.7 Å². The molecule has 0 amide bonds. The molecule has 12 heavy (non-hydrogen) atoms. The van der Waals surface area contributed by atoms with Gasteiger partial charge in [0.2, 0.25) is 0 Å². The highest BCUT2D eigenvalue weighted by Crippen LogP contribution is 2.23. The molecule has 1 atom stereocenters. The summed E-state index contributed by atoms with van der Waals surface area (Å²) < 4.78 is 0. The maximum Gasteiger partial charge on any atom is 0.0807 e. The molecular weight excluding hydrogens is 150 g/mol. The first-order chi connectivity index (χ1) is 5.79. The predicted octanol–water partition coefficient (Wildman–Crippen LogP) is 2.17. The number of aliphatic hydroxyl groups excluding tert-OH is 1. The van der Waals surface area contributed by atoms with Gasteiger partial charge in [-0.15, -0.1) is 0 Å². The van der Waals surface area contributed by atoms with Gasteiger partial charge < -0.3 is 10.4 Å². The van der Waals surface area contributed by atoms with Crippen molar-refractivity contribution in [3.05, 3.63) is 29.8 Å². The van der Waals surface area contributed by atoms with Crippen molar-refractivity contribution in [1.82, 2.24) is 0 Å². The van der Waals surface area contributed by atoms with Crippen molar-refractivity contribution in [1.29, 1.82) is 0 Å². The van der Waals surface area contributed by atoms with Gasteiger partial charge in [-0.2, -0.15) is 0 Å². The van der Waals surface area contributed by atoms with Crippen LogP contribution in [-0.4, -0.2) is 12.2 Å². The summed E-state index contributed by atoms with van der Waals surface area (Å²) >= 11 is 0. The summed E-state index contributed by atoms with van der Waals surface area (Å²) in [5.41, 5.74) is 1.98. The van der Waals surface area contributed by atoms with Crippen LogP contribution in [-0.2, 0) is 0 Å². The van der Waals surface area contributed by atoms with Crippen molar-refractivity contribution in [3.8, 4) is 0 Å². The highest BCUT2D eigenvalue weighted by molar-refractivity contribution is 5.51. The minimum atomic E-state index is -0.353. The van der Waals surface area contributed by atoms with Gasteiger partial charge >= 0.3 is 0 Å². The fourth-order valence-electron chi connectivity index (χ4n) is 1.24. The Morgan fingerprint density at radius 1 is 1.42 bits per heavy atom. The molecule has 0 saturated heterocycles. The van der Waals surface area contributed by atoms with Crippen LogP contribution in [0.15, 0.2) is 24.3 Å². The van der Waals surface area contributed by atoms with Crippen molar-refractivity contribution >= 4 is 5.69 Å². The van der Waals surface area contributed by atoms with E-state index in [1.165, 1.54) is 0 Å². The van der Waals surface area contributed by atoms with Crippen LogP contribution in [0.3, 0.4) is 0 Å². The second-order valence-electron chi connectivity index (χ2n) is 2.76. The molecule has 1 aromatic rings. The summed E-state index contributed by atoms with van der Waals surface area (Å²) in [6.07, 6.45) is 0.396. The van der Waals surface area contributed by atoms with E-state index < -0.39 is 0 Å². The van der Waals surface area contributed by atoms with Crippen LogP contribution in [0, 0.1) is 0 Å². The Hall–Kier alpha value is -1.02. The van der Waals surface area contributed by atoms with Crippen LogP contribution in [0.5, 0.6) is 0 Å². The van der Waals surface area contributed by atoms with Gasteiger partial charge in [0.1, 0.15) is 0 Å². The average Bonchev–Trinajstić information content (AvgIpc) is 2.16. The Morgan fingerprint density at radius 2 is 2.08 bits per heavy atom. The third-order valence-corrected chi connectivity index (χ3v) is 1.98. The second kappa shape index (κ2) is 4.12. The lowest BCUT2D eigenvalue weighted by Crippen LogP contribution is -2.00. The van der Waals surface area contributed by atoms with Gasteiger partial charge in [0.25, 0.3) is 0 Å². The molecule has 0 radical (unpaired) electrons. The number of anilines is 1. The largest absolute Gasteiger partial charge is 0.388 e. The van der Waals surface area contributed by atoms with Crippen molar-refractivity contribution in [2.24, 2.45) is 0 Å². The number of rotatable bonds is 3. The van der Waals surface area contributed by atoms with Crippen LogP contribution in [0.1, 0.15) is 25.0 Å². The van der Waals surface area contributed by atoms with E-state index in [-0.39, 0.29) is 6.10 Å². The van der Waals surface area contributed by atoms with Crippen LogP contribution in [0.2, 0.25) is 0 Å². The zero-order chi connectivity index (χ0) is 8.97. The van der Waals surface area contributed by atoms with E-state index in [1.54, 1.807) is 0 Å². The first-order valence-electron chi connectivity index (χ1n) is 4.24. The average molecular weight is 165 g/mol. The number of para-hydroxylation sites is 1. The number of benzene rings is 1. The van der Waals surface area contributed by atoms with Crippen LogP contribution >= 0.6 is 0 Å². The van der Waals surface area contributed by atoms with Gasteiger partial charge in [-0.3, -0.25) is 0 Å². The molecule has 0 aliphatic heterocycles. The quantitative estimate of drug-likeness (QED) is 0.719. The summed E-state index contributed by atoms with van der Waals surface area (Å²) in [7, 11) is 1.86. The Labute approximate surface area is 73.2 Å². The Balaban J connectivity index is 2.96. The lowest BCUT2D eigenvalue weighted by molar-refractivity contribution is 0.174. The molecule has 66 valence electrons. The molecule has 1 rings (SSSR count). The van der Waals surface area contributed by atoms with Gasteiger partial charge in [0.05, 0.1) is 6.10 Å². The first kappa shape index (κ1) is 9.07. The standard InChI is InChI=1S/C10H15NO/c1-3-10(12)8-6-4-5-7-9(8)11-2/h4-7,10-12H,3H2,1-2H3/t10-/m1/s1. The molecule has 2 N–H and O–H groups in total. The van der Waals surface area contributed by atoms with E-state index in [1.807, 2.05) is 38.2 Å². The molecule has 0 aliphatic rings. The van der Waals surface area contributed by atoms with Crippen LogP contribution in [0.4, 0.5) is 5.69 Å². The molecule has 0 bridgehead atoms. The Bertz CT molecular complexity index is 247. The lowest BCUT2D eigenvalue weighted by Gasteiger charge is -2.12. The number of hydrogen-bond donors (Lipinski definition) is 2. The smallest absolute Gasteiger partial charge is 0.0807 e. The van der Waals surface area contributed by atoms with Crippen LogP contribution in [0.25, 0.3) is 0 Å². The zero-order valence-corrected chi connectivity index (χ0v) is 7.54. The summed E-state index contributed by atoms with van der Waals surface area (Å²) in [6.45, 7) is 1.97. The molecule has 0 aliphatic carbocycles. The molecule has 1 aromatic carbocycles. The SMILES string of the molecule is CC[C@@H](O)c1ccccc1NC. The minimum Gasteiger partial charge on any atom is -0.388 e. The fourth-order valence-corrected chi connectivity index (χ4v) is 1.24. The highest BCUT2D eigenvalue weighted by Gasteiger charge is 2.07. The van der Waals surface area contributed by atoms with E-state index in [4.69, 9.17) is 0 Å². The summed E-state index contributed by atoms with van der Waals surface area (Å²) in [4.78, 5) is 0. The Morgan fingerprint density at radius 3 is 2.67 bits per heavy atom. The Kier molecular flexibility index (Phi) is 3.11. The van der Waals surface area contributed by atoms with Gasteiger partial charge in [0.15, 0.2) is 0 Å². The van der Waals surface area contributed by atoms with Crippen molar-refractivity contribution in [2.45, 2.75) is 19.4 Å². The molecule has 2 heteroatoms. The molecule has 2 nitrogen and oxygen atoms in total. The molecule has 0 spiro atoms. The molecule has 0 saturated carbocycles. The van der Waals surface area contributed by atoms with E-state index in [0.29, 0.717) is 0 Å². The van der Waals surface area contributed by atoms with E-state index >= 15 is 0 Å². The van der Waals surface area contributed by atoms with E-state index in [2.05, 4.69) is 5.32 Å². The summed E-state index contributed by atoms with van der Waals surface area (Å²) in [5.74, 6) is 0. The zero-order valence-electron chi connectivity index (χ0n) is 7.54. The third kappa shape index (κ3) is 1.77. The fraction of sp³-hybridized carbons (Fsp3) is 0.400. The normalized spacial score (nSPS) is 12.6. The van der Waals surface area contributed by atoms with Gasteiger partial charge in [0, 0.05) is 18.3 Å².